The second kappa shape index (κ2) is 6.70. The molecule has 6 nitrogen and oxygen atoms in total. The van der Waals surface area contributed by atoms with Crippen LogP contribution in [0.15, 0.2) is 42.5 Å². The number of ether oxygens (including phenoxy) is 1. The van der Waals surface area contributed by atoms with Crippen molar-refractivity contribution in [2.75, 3.05) is 12.4 Å². The van der Waals surface area contributed by atoms with Crippen LogP contribution in [0.1, 0.15) is 34.7 Å². The number of fused-ring (bicyclic) bond motifs is 2. The lowest BCUT2D eigenvalue weighted by Crippen LogP contribution is -2.24. The van der Waals surface area contributed by atoms with Crippen molar-refractivity contribution in [1.29, 1.82) is 0 Å². The van der Waals surface area contributed by atoms with Gasteiger partial charge < -0.3 is 10.1 Å². The first-order chi connectivity index (χ1) is 14.0. The minimum atomic E-state index is -0.0702. The minimum Gasteiger partial charge on any atom is -0.497 e. The molecule has 0 spiro atoms. The number of rotatable bonds is 3. The highest BCUT2D eigenvalue weighted by Crippen LogP contribution is 2.41. The molecule has 2 aromatic carbocycles. The van der Waals surface area contributed by atoms with Crippen LogP contribution >= 0.6 is 11.3 Å². The Morgan fingerprint density at radius 1 is 1.21 bits per heavy atom. The van der Waals surface area contributed by atoms with Crippen molar-refractivity contribution < 1.29 is 9.53 Å². The van der Waals surface area contributed by atoms with Gasteiger partial charge in [0.05, 0.1) is 23.0 Å². The summed E-state index contributed by atoms with van der Waals surface area (Å²) in [6, 6.07) is 14.1. The number of aromatic nitrogens is 3. The molecule has 5 rings (SSSR count). The van der Waals surface area contributed by atoms with E-state index >= 15 is 0 Å². The molecule has 1 N–H and O–H groups in total. The molecule has 4 aromatic rings. The number of carbonyl (C=O) groups is 1. The molecule has 1 atom stereocenters. The van der Waals surface area contributed by atoms with E-state index in [2.05, 4.69) is 24.4 Å². The highest BCUT2D eigenvalue weighted by Gasteiger charge is 2.33. The fraction of sp³-hybridized carbons (Fsp3) is 0.227. The second-order valence-corrected chi connectivity index (χ2v) is 8.32. The number of thiazole rings is 1. The van der Waals surface area contributed by atoms with Crippen molar-refractivity contribution in [1.82, 2.24) is 14.8 Å². The number of amides is 1. The number of nitrogens with one attached hydrogen (secondary N) is 1. The van der Waals surface area contributed by atoms with E-state index < -0.39 is 0 Å². The zero-order chi connectivity index (χ0) is 20.1. The van der Waals surface area contributed by atoms with Gasteiger partial charge in [0.25, 0.3) is 0 Å². The molecule has 1 amide bonds. The predicted octanol–water partition coefficient (Wildman–Crippen LogP) is 4.58. The van der Waals surface area contributed by atoms with Gasteiger partial charge in [-0.2, -0.15) is 9.78 Å². The quantitative estimate of drug-likeness (QED) is 0.543. The van der Waals surface area contributed by atoms with Gasteiger partial charge in [-0.25, -0.2) is 4.98 Å². The minimum absolute atomic E-state index is 0.0246. The van der Waals surface area contributed by atoms with E-state index in [0.29, 0.717) is 12.2 Å². The largest absolute Gasteiger partial charge is 0.497 e. The molecule has 0 fully saturated rings. The Hall–Kier alpha value is -3.19. The lowest BCUT2D eigenvalue weighted by atomic mass is 9.86. The maximum absolute atomic E-state index is 12.6. The van der Waals surface area contributed by atoms with Crippen LogP contribution in [0.3, 0.4) is 0 Å². The van der Waals surface area contributed by atoms with Gasteiger partial charge in [0.15, 0.2) is 0 Å². The predicted molar refractivity (Wildman–Crippen MR) is 114 cm³/mol. The molecular formula is C22H20N4O2S. The van der Waals surface area contributed by atoms with Gasteiger partial charge in [-0.1, -0.05) is 29.5 Å². The maximum atomic E-state index is 12.6. The molecule has 29 heavy (non-hydrogen) atoms. The number of aryl methyl sites for hydroxylation is 2. The van der Waals surface area contributed by atoms with Gasteiger partial charge in [0.2, 0.25) is 11.0 Å². The number of carbonyl (C=O) groups excluding carboxylic acids is 1. The molecule has 0 unspecified atom stereocenters. The molecule has 146 valence electrons. The van der Waals surface area contributed by atoms with Crippen molar-refractivity contribution in [3.05, 3.63) is 64.8 Å². The van der Waals surface area contributed by atoms with E-state index in [4.69, 9.17) is 14.8 Å². The Bertz CT molecular complexity index is 1260. The molecular weight excluding hydrogens is 384 g/mol. The van der Waals surface area contributed by atoms with Gasteiger partial charge in [0.1, 0.15) is 11.6 Å². The Labute approximate surface area is 172 Å². The third kappa shape index (κ3) is 2.98. The standard InChI is InChI=1S/C22H20N4O2S/c1-12-7-8-17-18(9-12)29-22(23-17)26-21-20(13(2)25-26)16(11-19(27)24-21)14-5-4-6-15(10-14)28-3/h4-10,16H,11H2,1-3H3,(H,24,27)/t16-/m1/s1. The van der Waals surface area contributed by atoms with Crippen LogP contribution in [0, 0.1) is 13.8 Å². The molecule has 0 saturated carbocycles. The summed E-state index contributed by atoms with van der Waals surface area (Å²) in [4.78, 5) is 17.3. The molecule has 0 radical (unpaired) electrons. The topological polar surface area (TPSA) is 69.0 Å². The van der Waals surface area contributed by atoms with Crippen LogP contribution in [0.2, 0.25) is 0 Å². The van der Waals surface area contributed by atoms with Gasteiger partial charge in [-0.3, -0.25) is 4.79 Å². The molecule has 0 saturated heterocycles. The Balaban J connectivity index is 1.66. The Morgan fingerprint density at radius 2 is 2.07 bits per heavy atom. The van der Waals surface area contributed by atoms with Crippen molar-refractivity contribution in [2.24, 2.45) is 0 Å². The number of anilines is 1. The molecule has 1 aliphatic heterocycles. The summed E-state index contributed by atoms with van der Waals surface area (Å²) >= 11 is 1.57. The molecule has 0 bridgehead atoms. The number of hydrogen-bond acceptors (Lipinski definition) is 5. The van der Waals surface area contributed by atoms with Crippen molar-refractivity contribution in [3.63, 3.8) is 0 Å². The van der Waals surface area contributed by atoms with E-state index in [-0.39, 0.29) is 11.8 Å². The maximum Gasteiger partial charge on any atom is 0.226 e. The number of nitrogens with zero attached hydrogens (tertiary/aromatic N) is 3. The highest BCUT2D eigenvalue weighted by atomic mass is 32.1. The van der Waals surface area contributed by atoms with Crippen LogP contribution in [-0.2, 0) is 4.79 Å². The zero-order valence-electron chi connectivity index (χ0n) is 16.4. The third-order valence-electron chi connectivity index (χ3n) is 5.31. The van der Waals surface area contributed by atoms with Crippen molar-refractivity contribution in [2.45, 2.75) is 26.2 Å². The van der Waals surface area contributed by atoms with Gasteiger partial charge >= 0.3 is 0 Å². The summed E-state index contributed by atoms with van der Waals surface area (Å²) in [5.41, 5.74) is 5.10. The Morgan fingerprint density at radius 3 is 2.90 bits per heavy atom. The average molecular weight is 404 g/mol. The van der Waals surface area contributed by atoms with Crippen LogP contribution in [0.5, 0.6) is 5.75 Å². The molecule has 7 heteroatoms. The molecule has 3 heterocycles. The number of hydrogen-bond donors (Lipinski definition) is 1. The molecule has 0 aliphatic carbocycles. The summed E-state index contributed by atoms with van der Waals surface area (Å²) in [6.07, 6.45) is 0.381. The SMILES string of the molecule is COc1cccc([C@H]2CC(=O)Nc3c2c(C)nn3-c2nc3ccc(C)cc3s2)c1. The lowest BCUT2D eigenvalue weighted by Gasteiger charge is -2.24. The summed E-state index contributed by atoms with van der Waals surface area (Å²) in [5.74, 6) is 1.40. The smallest absolute Gasteiger partial charge is 0.226 e. The van der Waals surface area contributed by atoms with Crippen LogP contribution in [-0.4, -0.2) is 27.8 Å². The van der Waals surface area contributed by atoms with E-state index in [1.54, 1.807) is 23.1 Å². The van der Waals surface area contributed by atoms with E-state index in [1.807, 2.05) is 37.3 Å². The second-order valence-electron chi connectivity index (χ2n) is 7.31. The normalized spacial score (nSPS) is 16.0. The molecule has 2 aromatic heterocycles. The first kappa shape index (κ1) is 17.9. The van der Waals surface area contributed by atoms with Gasteiger partial charge in [-0.15, -0.1) is 0 Å². The fourth-order valence-electron chi connectivity index (χ4n) is 3.94. The van der Waals surface area contributed by atoms with Gasteiger partial charge in [-0.05, 0) is 49.2 Å². The summed E-state index contributed by atoms with van der Waals surface area (Å²) in [5, 5.41) is 8.53. The molecule has 1 aliphatic rings. The van der Waals surface area contributed by atoms with E-state index in [1.165, 1.54) is 5.56 Å². The van der Waals surface area contributed by atoms with Crippen LogP contribution < -0.4 is 10.1 Å². The van der Waals surface area contributed by atoms with Crippen molar-refractivity contribution >= 4 is 33.3 Å². The monoisotopic (exact) mass is 404 g/mol. The van der Waals surface area contributed by atoms with Crippen LogP contribution in [0.4, 0.5) is 5.82 Å². The van der Waals surface area contributed by atoms with Gasteiger partial charge in [0, 0.05) is 17.9 Å². The van der Waals surface area contributed by atoms with Crippen molar-refractivity contribution in [3.8, 4) is 10.9 Å². The van der Waals surface area contributed by atoms with Crippen LogP contribution in [0.25, 0.3) is 15.3 Å². The number of methoxy groups -OCH3 is 1. The number of benzene rings is 2. The lowest BCUT2D eigenvalue weighted by molar-refractivity contribution is -0.116. The third-order valence-corrected chi connectivity index (χ3v) is 6.31. The first-order valence-corrected chi connectivity index (χ1v) is 10.3. The highest BCUT2D eigenvalue weighted by molar-refractivity contribution is 7.20. The first-order valence-electron chi connectivity index (χ1n) is 9.44. The zero-order valence-corrected chi connectivity index (χ0v) is 17.2. The summed E-state index contributed by atoms with van der Waals surface area (Å²) in [7, 11) is 1.65. The Kier molecular flexibility index (Phi) is 4.13. The fourth-order valence-corrected chi connectivity index (χ4v) is 4.96. The van der Waals surface area contributed by atoms with E-state index in [9.17, 15) is 4.79 Å². The summed E-state index contributed by atoms with van der Waals surface area (Å²) in [6.45, 7) is 4.05. The average Bonchev–Trinajstić information content (AvgIpc) is 3.28. The van der Waals surface area contributed by atoms with E-state index in [0.717, 1.165) is 37.9 Å². The summed E-state index contributed by atoms with van der Waals surface area (Å²) < 4.78 is 8.26.